The normalized spacial score (nSPS) is 11.0. The maximum Gasteiger partial charge on any atom is 0.189 e. The molecule has 0 spiro atoms. The molecule has 3 aromatic rings. The molecule has 2 aromatic carbocycles. The molecule has 1 heterocycles. The van der Waals surface area contributed by atoms with E-state index in [2.05, 4.69) is 48.4 Å². The third-order valence-corrected chi connectivity index (χ3v) is 5.04. The van der Waals surface area contributed by atoms with E-state index in [1.54, 1.807) is 25.0 Å². The van der Waals surface area contributed by atoms with Gasteiger partial charge >= 0.3 is 0 Å². The van der Waals surface area contributed by atoms with Gasteiger partial charge in [-0.2, -0.15) is 0 Å². The average molecular weight is 393 g/mol. The number of methoxy groups -OCH3 is 2. The Balaban J connectivity index is 1.73. The van der Waals surface area contributed by atoms with Crippen molar-refractivity contribution in [3.05, 3.63) is 70.5 Å². The van der Waals surface area contributed by atoms with Crippen molar-refractivity contribution in [2.45, 2.75) is 39.7 Å². The maximum absolute atomic E-state index is 12.8. The third kappa shape index (κ3) is 4.65. The van der Waals surface area contributed by atoms with Crippen LogP contribution in [0.15, 0.2) is 42.5 Å². The zero-order valence-corrected chi connectivity index (χ0v) is 17.6. The summed E-state index contributed by atoms with van der Waals surface area (Å²) in [6.07, 6.45) is 0.225. The number of ether oxygens (including phenoxy) is 2. The van der Waals surface area contributed by atoms with Crippen LogP contribution in [0.2, 0.25) is 0 Å². The SMILES string of the molecule is COc1ccc(CC(=O)c2nnn(Cc3ccc(C(C)C)cc3)c2C)cc1OC. The van der Waals surface area contributed by atoms with Gasteiger partial charge in [-0.05, 0) is 41.7 Å². The fourth-order valence-corrected chi connectivity index (χ4v) is 3.21. The second-order valence-corrected chi connectivity index (χ2v) is 7.37. The lowest BCUT2D eigenvalue weighted by atomic mass is 10.0. The summed E-state index contributed by atoms with van der Waals surface area (Å²) in [6.45, 7) is 6.81. The molecule has 0 amide bonds. The molecule has 0 unspecified atom stereocenters. The Labute approximate surface area is 171 Å². The number of nitrogens with zero attached hydrogens (tertiary/aromatic N) is 3. The predicted molar refractivity (Wildman–Crippen MR) is 112 cm³/mol. The Bertz CT molecular complexity index is 991. The molecule has 0 N–H and O–H groups in total. The second kappa shape index (κ2) is 8.90. The Kier molecular flexibility index (Phi) is 6.32. The fraction of sp³-hybridized carbons (Fsp3) is 0.348. The van der Waals surface area contributed by atoms with Crippen LogP contribution in [-0.4, -0.2) is 35.0 Å². The van der Waals surface area contributed by atoms with Crippen molar-refractivity contribution in [1.82, 2.24) is 15.0 Å². The molecule has 0 aliphatic rings. The van der Waals surface area contributed by atoms with E-state index in [-0.39, 0.29) is 12.2 Å². The van der Waals surface area contributed by atoms with E-state index in [9.17, 15) is 4.79 Å². The molecule has 6 heteroatoms. The third-order valence-electron chi connectivity index (χ3n) is 5.04. The number of carbonyl (C=O) groups is 1. The molecule has 0 atom stereocenters. The summed E-state index contributed by atoms with van der Waals surface area (Å²) in [5.74, 6) is 1.66. The highest BCUT2D eigenvalue weighted by atomic mass is 16.5. The van der Waals surface area contributed by atoms with E-state index >= 15 is 0 Å². The Morgan fingerprint density at radius 2 is 1.66 bits per heavy atom. The number of benzene rings is 2. The van der Waals surface area contributed by atoms with Crippen molar-refractivity contribution >= 4 is 5.78 Å². The van der Waals surface area contributed by atoms with Crippen molar-refractivity contribution < 1.29 is 14.3 Å². The van der Waals surface area contributed by atoms with Gasteiger partial charge in [0.1, 0.15) is 0 Å². The van der Waals surface area contributed by atoms with Crippen LogP contribution < -0.4 is 9.47 Å². The highest BCUT2D eigenvalue weighted by molar-refractivity contribution is 5.96. The smallest absolute Gasteiger partial charge is 0.189 e. The number of aromatic nitrogens is 3. The summed E-state index contributed by atoms with van der Waals surface area (Å²) in [7, 11) is 3.16. The molecule has 0 bridgehead atoms. The van der Waals surface area contributed by atoms with Gasteiger partial charge in [-0.25, -0.2) is 4.68 Å². The molecule has 6 nitrogen and oxygen atoms in total. The molecular weight excluding hydrogens is 366 g/mol. The van der Waals surface area contributed by atoms with Gasteiger partial charge in [-0.1, -0.05) is 49.4 Å². The predicted octanol–water partition coefficient (Wildman–Crippen LogP) is 4.20. The Hall–Kier alpha value is -3.15. The van der Waals surface area contributed by atoms with E-state index in [1.807, 2.05) is 19.1 Å². The van der Waals surface area contributed by atoms with Crippen LogP contribution in [0.1, 0.15) is 52.6 Å². The molecular formula is C23H27N3O3. The number of hydrogen-bond donors (Lipinski definition) is 0. The molecule has 29 heavy (non-hydrogen) atoms. The van der Waals surface area contributed by atoms with Gasteiger partial charge in [0.2, 0.25) is 0 Å². The van der Waals surface area contributed by atoms with E-state index in [0.717, 1.165) is 16.8 Å². The van der Waals surface area contributed by atoms with Crippen LogP contribution in [0.3, 0.4) is 0 Å². The van der Waals surface area contributed by atoms with Crippen LogP contribution in [0.5, 0.6) is 11.5 Å². The number of hydrogen-bond acceptors (Lipinski definition) is 5. The number of ketones is 1. The second-order valence-electron chi connectivity index (χ2n) is 7.37. The van der Waals surface area contributed by atoms with Crippen LogP contribution in [0, 0.1) is 6.92 Å². The monoisotopic (exact) mass is 393 g/mol. The fourth-order valence-electron chi connectivity index (χ4n) is 3.21. The van der Waals surface area contributed by atoms with Crippen LogP contribution in [0.25, 0.3) is 0 Å². The summed E-state index contributed by atoms with van der Waals surface area (Å²) in [6, 6.07) is 13.9. The summed E-state index contributed by atoms with van der Waals surface area (Å²) < 4.78 is 12.3. The van der Waals surface area contributed by atoms with Gasteiger partial charge in [0.25, 0.3) is 0 Å². The minimum Gasteiger partial charge on any atom is -0.493 e. The largest absolute Gasteiger partial charge is 0.493 e. The van der Waals surface area contributed by atoms with Crippen molar-refractivity contribution in [3.63, 3.8) is 0 Å². The lowest BCUT2D eigenvalue weighted by Crippen LogP contribution is -2.08. The molecule has 0 aliphatic carbocycles. The minimum atomic E-state index is -0.0730. The summed E-state index contributed by atoms with van der Waals surface area (Å²) >= 11 is 0. The van der Waals surface area contributed by atoms with Crippen molar-refractivity contribution in [1.29, 1.82) is 0 Å². The van der Waals surface area contributed by atoms with E-state index in [1.165, 1.54) is 5.56 Å². The lowest BCUT2D eigenvalue weighted by Gasteiger charge is -2.09. The van der Waals surface area contributed by atoms with Gasteiger partial charge < -0.3 is 9.47 Å². The molecule has 0 saturated carbocycles. The Morgan fingerprint density at radius 3 is 2.28 bits per heavy atom. The van der Waals surface area contributed by atoms with Crippen molar-refractivity contribution in [3.8, 4) is 11.5 Å². The molecule has 0 fully saturated rings. The summed E-state index contributed by atoms with van der Waals surface area (Å²) in [4.78, 5) is 12.8. The highest BCUT2D eigenvalue weighted by Crippen LogP contribution is 2.28. The van der Waals surface area contributed by atoms with Crippen molar-refractivity contribution in [2.24, 2.45) is 0 Å². The van der Waals surface area contributed by atoms with Gasteiger partial charge in [-0.15, -0.1) is 5.10 Å². The standard InChI is InChI=1S/C23H27N3O3/c1-15(2)19-9-6-17(7-10-19)14-26-16(3)23(24-25-26)20(27)12-18-8-11-21(28-4)22(13-18)29-5/h6-11,13,15H,12,14H2,1-5H3. The Morgan fingerprint density at radius 1 is 1.00 bits per heavy atom. The van der Waals surface area contributed by atoms with Crippen LogP contribution in [0.4, 0.5) is 0 Å². The molecule has 1 aromatic heterocycles. The summed E-state index contributed by atoms with van der Waals surface area (Å²) in [5.41, 5.74) is 4.43. The van der Waals surface area contributed by atoms with Crippen LogP contribution in [-0.2, 0) is 13.0 Å². The quantitative estimate of drug-likeness (QED) is 0.537. The highest BCUT2D eigenvalue weighted by Gasteiger charge is 2.18. The van der Waals surface area contributed by atoms with E-state index in [4.69, 9.17) is 9.47 Å². The minimum absolute atomic E-state index is 0.0730. The molecule has 0 radical (unpaired) electrons. The van der Waals surface area contributed by atoms with Crippen LogP contribution >= 0.6 is 0 Å². The maximum atomic E-state index is 12.8. The van der Waals surface area contributed by atoms with E-state index < -0.39 is 0 Å². The first-order valence-electron chi connectivity index (χ1n) is 9.66. The average Bonchev–Trinajstić information content (AvgIpc) is 3.08. The zero-order chi connectivity index (χ0) is 21.0. The molecule has 0 aliphatic heterocycles. The molecule has 0 saturated heterocycles. The number of Topliss-reactive ketones (excluding diaryl/α,β-unsaturated/α-hetero) is 1. The summed E-state index contributed by atoms with van der Waals surface area (Å²) in [5, 5.41) is 8.33. The van der Waals surface area contributed by atoms with Crippen molar-refractivity contribution in [2.75, 3.05) is 14.2 Å². The van der Waals surface area contributed by atoms with Gasteiger partial charge in [-0.3, -0.25) is 4.79 Å². The number of rotatable bonds is 8. The van der Waals surface area contributed by atoms with E-state index in [0.29, 0.717) is 29.7 Å². The van der Waals surface area contributed by atoms with Gasteiger partial charge in [0, 0.05) is 6.42 Å². The lowest BCUT2D eigenvalue weighted by molar-refractivity contribution is 0.0987. The first kappa shape index (κ1) is 20.6. The van der Waals surface area contributed by atoms with Gasteiger partial charge in [0.05, 0.1) is 26.5 Å². The zero-order valence-electron chi connectivity index (χ0n) is 17.6. The molecule has 152 valence electrons. The number of carbonyl (C=O) groups excluding carboxylic acids is 1. The van der Waals surface area contributed by atoms with Gasteiger partial charge in [0.15, 0.2) is 23.0 Å². The first-order chi connectivity index (χ1) is 13.9. The topological polar surface area (TPSA) is 66.2 Å². The first-order valence-corrected chi connectivity index (χ1v) is 9.66. The molecule has 3 rings (SSSR count).